The van der Waals surface area contributed by atoms with Gasteiger partial charge in [-0.25, -0.2) is 0 Å². The van der Waals surface area contributed by atoms with E-state index in [1.165, 1.54) is 33.2 Å². The summed E-state index contributed by atoms with van der Waals surface area (Å²) in [7, 11) is 0. The zero-order chi connectivity index (χ0) is 26.3. The molecule has 4 saturated carbocycles. The van der Waals surface area contributed by atoms with E-state index in [9.17, 15) is 14.7 Å². The quantitative estimate of drug-likeness (QED) is 0.532. The number of carbonyl (C=O) groups excluding carboxylic acids is 2. The van der Waals surface area contributed by atoms with Gasteiger partial charge in [-0.2, -0.15) is 0 Å². The fourth-order valence-corrected chi connectivity index (χ4v) is 11.2. The van der Waals surface area contributed by atoms with Crippen molar-refractivity contribution < 1.29 is 24.2 Å². The number of esters is 2. The van der Waals surface area contributed by atoms with Crippen LogP contribution >= 0.6 is 0 Å². The summed E-state index contributed by atoms with van der Waals surface area (Å²) in [5, 5.41) is 12.6. The number of nitrogens with zero attached hydrogens (tertiary/aromatic N) is 1. The average Bonchev–Trinajstić information content (AvgIpc) is 3.13. The van der Waals surface area contributed by atoms with Crippen molar-refractivity contribution in [1.29, 1.82) is 0 Å². The van der Waals surface area contributed by atoms with Gasteiger partial charge < -0.3 is 14.6 Å². The largest absolute Gasteiger partial charge is 0.463 e. The van der Waals surface area contributed by atoms with Crippen LogP contribution in [0.3, 0.4) is 0 Å². The highest BCUT2D eigenvalue weighted by Crippen LogP contribution is 2.68. The fraction of sp³-hybridized carbons (Fsp3) is 0.935. The molecule has 0 radical (unpaired) electrons. The van der Waals surface area contributed by atoms with Crippen LogP contribution in [0.15, 0.2) is 0 Å². The molecule has 6 nitrogen and oxygen atoms in total. The molecule has 13 atom stereocenters. The van der Waals surface area contributed by atoms with Crippen LogP contribution in [0.2, 0.25) is 0 Å². The van der Waals surface area contributed by atoms with Crippen molar-refractivity contribution in [2.45, 2.75) is 116 Å². The molecule has 0 aromatic carbocycles. The summed E-state index contributed by atoms with van der Waals surface area (Å²) < 4.78 is 11.7. The predicted molar refractivity (Wildman–Crippen MR) is 140 cm³/mol. The van der Waals surface area contributed by atoms with E-state index in [0.717, 1.165) is 63.5 Å². The van der Waals surface area contributed by atoms with Gasteiger partial charge in [0.15, 0.2) is 0 Å². The number of ether oxygens (including phenoxy) is 2. The van der Waals surface area contributed by atoms with Gasteiger partial charge in [0, 0.05) is 38.9 Å². The Kier molecular flexibility index (Phi) is 6.50. The number of rotatable bonds is 2. The molecule has 0 unspecified atom stereocenters. The van der Waals surface area contributed by atoms with Gasteiger partial charge in [-0.1, -0.05) is 20.8 Å². The maximum atomic E-state index is 12.6. The molecule has 6 rings (SSSR count). The molecule has 0 aromatic rings. The molecule has 0 bridgehead atoms. The summed E-state index contributed by atoms with van der Waals surface area (Å²) in [5.74, 6) is 3.41. The van der Waals surface area contributed by atoms with E-state index < -0.39 is 5.60 Å². The van der Waals surface area contributed by atoms with Crippen LogP contribution in [0.25, 0.3) is 0 Å². The molecule has 6 aliphatic rings. The van der Waals surface area contributed by atoms with Gasteiger partial charge in [0.05, 0.1) is 5.60 Å². The standard InChI is InChI=1S/C31H49NO5/c1-17-6-7-28-18(2)22-9-11-31(35)24(23(22)16-32(28)15-17)13-25-26(31)14-29(37-20(4)34)27-12-21(36-19(3)33)8-10-30(25,27)5/h17-18,21-29,35H,6-16H2,1-5H3/t17-,18-,21-,22-,23+,24+,25+,26-,27-,28+,29-,30+,31+/m1/s1. The zero-order valence-electron chi connectivity index (χ0n) is 23.7. The molecular formula is C31H49NO5. The van der Waals surface area contributed by atoms with E-state index >= 15 is 0 Å². The van der Waals surface area contributed by atoms with Crippen molar-refractivity contribution >= 4 is 11.9 Å². The topological polar surface area (TPSA) is 76.1 Å². The maximum absolute atomic E-state index is 12.6. The first kappa shape index (κ1) is 26.1. The van der Waals surface area contributed by atoms with E-state index in [4.69, 9.17) is 9.47 Å². The Morgan fingerprint density at radius 1 is 0.811 bits per heavy atom. The molecule has 37 heavy (non-hydrogen) atoms. The molecule has 2 aliphatic heterocycles. The van der Waals surface area contributed by atoms with Crippen molar-refractivity contribution in [3.05, 3.63) is 0 Å². The average molecular weight is 516 g/mol. The third-order valence-electron chi connectivity index (χ3n) is 12.7. The highest BCUT2D eigenvalue weighted by Gasteiger charge is 2.68. The lowest BCUT2D eigenvalue weighted by molar-refractivity contribution is -0.195. The van der Waals surface area contributed by atoms with E-state index in [2.05, 4.69) is 25.7 Å². The third kappa shape index (κ3) is 4.10. The normalized spacial score (nSPS) is 53.1. The number of piperidine rings is 2. The summed E-state index contributed by atoms with van der Waals surface area (Å²) in [6, 6.07) is 0.721. The van der Waals surface area contributed by atoms with Crippen molar-refractivity contribution in [1.82, 2.24) is 4.90 Å². The molecular weight excluding hydrogens is 466 g/mol. The number of aliphatic hydroxyl groups is 1. The van der Waals surface area contributed by atoms with Gasteiger partial charge >= 0.3 is 11.9 Å². The number of carbonyl (C=O) groups is 2. The minimum atomic E-state index is -0.654. The fourth-order valence-electron chi connectivity index (χ4n) is 11.2. The van der Waals surface area contributed by atoms with Crippen LogP contribution in [0.5, 0.6) is 0 Å². The lowest BCUT2D eigenvalue weighted by Crippen LogP contribution is -2.62. The van der Waals surface area contributed by atoms with Gasteiger partial charge in [-0.05, 0) is 105 Å². The molecule has 2 saturated heterocycles. The van der Waals surface area contributed by atoms with Crippen LogP contribution in [0.1, 0.15) is 92.4 Å². The second kappa shape index (κ2) is 9.21. The lowest BCUT2D eigenvalue weighted by Gasteiger charge is -2.59. The van der Waals surface area contributed by atoms with Crippen LogP contribution in [0.4, 0.5) is 0 Å². The van der Waals surface area contributed by atoms with Crippen LogP contribution < -0.4 is 0 Å². The Morgan fingerprint density at radius 2 is 1.57 bits per heavy atom. The minimum Gasteiger partial charge on any atom is -0.463 e. The van der Waals surface area contributed by atoms with Crippen LogP contribution in [0, 0.1) is 52.8 Å². The molecule has 1 N–H and O–H groups in total. The summed E-state index contributed by atoms with van der Waals surface area (Å²) in [4.78, 5) is 26.8. The molecule has 6 fully saturated rings. The van der Waals surface area contributed by atoms with Gasteiger partial charge in [-0.15, -0.1) is 0 Å². The van der Waals surface area contributed by atoms with Gasteiger partial charge in [0.2, 0.25) is 0 Å². The molecule has 0 amide bonds. The SMILES string of the molecule is CC(=O)O[C@@H]1CC[C@]2(C)[C@H](C1)[C@H](OC(C)=O)C[C@@H]1[C@@H]2C[C@H]2[C@H]3CN4C[C@H](C)CC[C@H]4[C@H](C)[C@H]3CC[C@@]12O. The third-order valence-corrected chi connectivity index (χ3v) is 12.7. The number of hydrogen-bond acceptors (Lipinski definition) is 6. The Labute approximate surface area is 223 Å². The Hall–Kier alpha value is -1.14. The van der Waals surface area contributed by atoms with Crippen molar-refractivity contribution in [2.24, 2.45) is 52.8 Å². The molecule has 2 heterocycles. The van der Waals surface area contributed by atoms with Crippen LogP contribution in [-0.4, -0.2) is 58.9 Å². The second-order valence-corrected chi connectivity index (χ2v) is 14.5. The number of hydrogen-bond donors (Lipinski definition) is 1. The Balaban J connectivity index is 1.30. The maximum Gasteiger partial charge on any atom is 0.302 e. The molecule has 4 aliphatic carbocycles. The number of fused-ring (bicyclic) bond motifs is 8. The Bertz CT molecular complexity index is 921. The van der Waals surface area contributed by atoms with E-state index in [1.54, 1.807) is 0 Å². The summed E-state index contributed by atoms with van der Waals surface area (Å²) in [6.07, 6.45) is 8.85. The minimum absolute atomic E-state index is 0.00922. The predicted octanol–water partition coefficient (Wildman–Crippen LogP) is 4.82. The summed E-state index contributed by atoms with van der Waals surface area (Å²) in [5.41, 5.74) is -0.663. The Morgan fingerprint density at radius 3 is 2.30 bits per heavy atom. The highest BCUT2D eigenvalue weighted by atomic mass is 16.5. The molecule has 0 aromatic heterocycles. The van der Waals surface area contributed by atoms with E-state index in [0.29, 0.717) is 29.6 Å². The van der Waals surface area contributed by atoms with Crippen LogP contribution in [-0.2, 0) is 19.1 Å². The first-order valence-corrected chi connectivity index (χ1v) is 15.3. The summed E-state index contributed by atoms with van der Waals surface area (Å²) >= 11 is 0. The van der Waals surface area contributed by atoms with Crippen molar-refractivity contribution in [3.8, 4) is 0 Å². The molecule has 0 spiro atoms. The van der Waals surface area contributed by atoms with Crippen molar-refractivity contribution in [2.75, 3.05) is 13.1 Å². The highest BCUT2D eigenvalue weighted by molar-refractivity contribution is 5.66. The second-order valence-electron chi connectivity index (χ2n) is 14.5. The molecule has 208 valence electrons. The lowest BCUT2D eigenvalue weighted by atomic mass is 9.50. The van der Waals surface area contributed by atoms with E-state index in [1.807, 2.05) is 0 Å². The first-order valence-electron chi connectivity index (χ1n) is 15.3. The smallest absolute Gasteiger partial charge is 0.302 e. The van der Waals surface area contributed by atoms with Gasteiger partial charge in [0.1, 0.15) is 12.2 Å². The zero-order valence-corrected chi connectivity index (χ0v) is 23.7. The van der Waals surface area contributed by atoms with Crippen molar-refractivity contribution in [3.63, 3.8) is 0 Å². The molecule has 6 heteroatoms. The van der Waals surface area contributed by atoms with E-state index in [-0.39, 0.29) is 41.4 Å². The van der Waals surface area contributed by atoms with Gasteiger partial charge in [-0.3, -0.25) is 14.5 Å². The monoisotopic (exact) mass is 515 g/mol. The first-order chi connectivity index (χ1) is 17.5. The van der Waals surface area contributed by atoms with Gasteiger partial charge in [0.25, 0.3) is 0 Å². The summed E-state index contributed by atoms with van der Waals surface area (Å²) in [6.45, 7) is 12.7.